The molecule has 2 amide bonds. The van der Waals surface area contributed by atoms with Crippen molar-refractivity contribution in [2.24, 2.45) is 5.10 Å². The summed E-state index contributed by atoms with van der Waals surface area (Å²) in [4.78, 5) is 36.9. The van der Waals surface area contributed by atoms with E-state index in [-0.39, 0.29) is 33.6 Å². The van der Waals surface area contributed by atoms with Crippen molar-refractivity contribution in [3.8, 4) is 0 Å². The second-order valence-corrected chi connectivity index (χ2v) is 12.8. The van der Waals surface area contributed by atoms with Gasteiger partial charge in [-0.05, 0) is 96.6 Å². The lowest BCUT2D eigenvalue weighted by atomic mass is 9.94. The monoisotopic (exact) mass is 676 g/mol. The van der Waals surface area contributed by atoms with Gasteiger partial charge in [-0.3, -0.25) is 28.9 Å². The van der Waals surface area contributed by atoms with Gasteiger partial charge in [0.05, 0.1) is 5.69 Å². The molecule has 4 aromatic carbocycles. The third kappa shape index (κ3) is 7.34. The van der Waals surface area contributed by atoms with Crippen molar-refractivity contribution < 1.29 is 40.3 Å². The first-order valence-corrected chi connectivity index (χ1v) is 16.2. The van der Waals surface area contributed by atoms with Gasteiger partial charge in [-0.1, -0.05) is 0 Å². The predicted molar refractivity (Wildman–Crippen MR) is 175 cm³/mol. The van der Waals surface area contributed by atoms with Gasteiger partial charge in [0.1, 0.15) is 9.80 Å². The summed E-state index contributed by atoms with van der Waals surface area (Å²) >= 11 is 0. The van der Waals surface area contributed by atoms with Crippen LogP contribution in [0.3, 0.4) is 0 Å². The fourth-order valence-corrected chi connectivity index (χ4v) is 5.74. The fourth-order valence-electron chi connectivity index (χ4n) is 4.42. The molecule has 1 aliphatic rings. The lowest BCUT2D eigenvalue weighted by molar-refractivity contribution is 0.101. The van der Waals surface area contributed by atoms with E-state index in [0.29, 0.717) is 11.4 Å². The number of allylic oxidation sites excluding steroid dienone is 1. The molecule has 0 saturated carbocycles. The number of nitrogens with zero attached hydrogens (tertiary/aromatic N) is 1. The number of hydrogen-bond donors (Lipinski definition) is 7. The molecule has 0 atom stereocenters. The summed E-state index contributed by atoms with van der Waals surface area (Å²) in [6.07, 6.45) is 0.949. The lowest BCUT2D eigenvalue weighted by Gasteiger charge is -2.18. The van der Waals surface area contributed by atoms with E-state index in [0.717, 1.165) is 18.2 Å². The number of rotatable bonds is 8. The maximum atomic E-state index is 13.4. The summed E-state index contributed by atoms with van der Waals surface area (Å²) in [7, 11) is -10.0. The summed E-state index contributed by atoms with van der Waals surface area (Å²) in [5, 5.41) is 8.86. The molecule has 0 bridgehead atoms. The van der Waals surface area contributed by atoms with Gasteiger partial charge < -0.3 is 22.1 Å². The number of Topliss-reactive ketones (excluding diaryl/α,β-unsaturated/α-hetero) is 1. The van der Waals surface area contributed by atoms with E-state index < -0.39 is 59.0 Å². The molecule has 0 fully saturated rings. The zero-order valence-corrected chi connectivity index (χ0v) is 25.5. The molecule has 0 heterocycles. The van der Waals surface area contributed by atoms with Gasteiger partial charge in [-0.2, -0.15) is 21.9 Å². The number of ketones is 1. The number of nitrogens with two attached hydrogens (primary N) is 2. The van der Waals surface area contributed by atoms with E-state index in [1.54, 1.807) is 0 Å². The Morgan fingerprint density at radius 3 is 1.70 bits per heavy atom. The van der Waals surface area contributed by atoms with Crippen molar-refractivity contribution >= 4 is 78.1 Å². The molecule has 1 aliphatic carbocycles. The summed E-state index contributed by atoms with van der Waals surface area (Å²) in [6, 6.07) is 19.2. The zero-order valence-electron chi connectivity index (χ0n) is 23.8. The van der Waals surface area contributed by atoms with Crippen LogP contribution in [-0.2, 0) is 20.2 Å². The number of hydrazone groups is 1. The van der Waals surface area contributed by atoms with E-state index >= 15 is 0 Å². The van der Waals surface area contributed by atoms with Crippen molar-refractivity contribution in [3.05, 3.63) is 112 Å². The van der Waals surface area contributed by atoms with Crippen molar-refractivity contribution in [1.29, 1.82) is 0 Å². The number of carbonyl (C=O) groups is 3. The van der Waals surface area contributed by atoms with Crippen LogP contribution in [0.2, 0.25) is 0 Å². The molecule has 5 rings (SSSR count). The van der Waals surface area contributed by atoms with Gasteiger partial charge in [0.15, 0.2) is 5.71 Å². The van der Waals surface area contributed by atoms with E-state index in [2.05, 4.69) is 21.2 Å². The SMILES string of the molecule is Nc1ccc(C(=O)Nc2ccc3c(c2)C=C(S(=O)(=O)O)C(=NNc2ccc(NC(=O)c4ccc(N)cc4)cc2S(=O)(=O)O)C3=O)cc1. The Hall–Kier alpha value is -5.88. The van der Waals surface area contributed by atoms with Crippen LogP contribution >= 0.6 is 0 Å². The number of benzene rings is 4. The maximum Gasteiger partial charge on any atom is 0.296 e. The lowest BCUT2D eigenvalue weighted by Crippen LogP contribution is -2.27. The normalized spacial score (nSPS) is 13.8. The summed E-state index contributed by atoms with van der Waals surface area (Å²) in [5.41, 5.74) is 13.8. The largest absolute Gasteiger partial charge is 0.399 e. The third-order valence-electron chi connectivity index (χ3n) is 6.72. The Balaban J connectivity index is 1.44. The Labute approximate surface area is 267 Å². The van der Waals surface area contributed by atoms with Gasteiger partial charge in [-0.25, -0.2) is 0 Å². The standard InChI is InChI=1S/C30H24N6O9S2/c31-19-5-1-16(2-6-19)29(38)33-21-9-11-23-18(13-21)14-26(47(43,44)45)27(28(23)37)36-35-24-12-10-22(15-25(24)46(40,41)42)34-30(39)17-3-7-20(32)8-4-17/h1-15,35H,31-32H2,(H,33,38)(H,34,39)(H,40,41,42)(H,43,44,45). The molecule has 4 aromatic rings. The minimum atomic E-state index is -5.08. The topological polar surface area (TPSA) is 260 Å². The second kappa shape index (κ2) is 12.5. The summed E-state index contributed by atoms with van der Waals surface area (Å²) in [5.74, 6) is -2.10. The zero-order chi connectivity index (χ0) is 34.1. The number of carbonyl (C=O) groups excluding carboxylic acids is 3. The quantitative estimate of drug-likeness (QED) is 0.0804. The molecule has 17 heteroatoms. The number of nitrogen functional groups attached to an aromatic ring is 2. The molecule has 0 radical (unpaired) electrons. The molecule has 9 N–H and O–H groups in total. The third-order valence-corrected chi connectivity index (χ3v) is 8.48. The number of hydrogen-bond acceptors (Lipinski definition) is 11. The van der Waals surface area contributed by atoms with Crippen LogP contribution in [0.5, 0.6) is 0 Å². The van der Waals surface area contributed by atoms with Gasteiger partial charge >= 0.3 is 0 Å². The van der Waals surface area contributed by atoms with Crippen molar-refractivity contribution in [3.63, 3.8) is 0 Å². The molecular weight excluding hydrogens is 652 g/mol. The summed E-state index contributed by atoms with van der Waals surface area (Å²) < 4.78 is 68.8. The van der Waals surface area contributed by atoms with Gasteiger partial charge in [0.25, 0.3) is 32.1 Å². The highest BCUT2D eigenvalue weighted by molar-refractivity contribution is 7.91. The van der Waals surface area contributed by atoms with Crippen LogP contribution < -0.4 is 27.5 Å². The number of anilines is 5. The first-order chi connectivity index (χ1) is 22.1. The highest BCUT2D eigenvalue weighted by Crippen LogP contribution is 2.30. The van der Waals surface area contributed by atoms with Gasteiger partial charge in [0.2, 0.25) is 5.78 Å². The van der Waals surface area contributed by atoms with Crippen molar-refractivity contribution in [2.45, 2.75) is 4.90 Å². The van der Waals surface area contributed by atoms with Crippen LogP contribution in [0, 0.1) is 0 Å². The van der Waals surface area contributed by atoms with Crippen LogP contribution in [0.4, 0.5) is 28.4 Å². The number of nitrogens with one attached hydrogen (secondary N) is 3. The minimum absolute atomic E-state index is 0.0245. The highest BCUT2D eigenvalue weighted by Gasteiger charge is 2.33. The van der Waals surface area contributed by atoms with Crippen LogP contribution in [0.15, 0.2) is 99.8 Å². The average Bonchev–Trinajstić information content (AvgIpc) is 3.00. The maximum absolute atomic E-state index is 13.4. The molecule has 0 unspecified atom stereocenters. The Kier molecular flexibility index (Phi) is 8.64. The molecule has 0 saturated heterocycles. The first-order valence-electron chi connectivity index (χ1n) is 13.3. The van der Waals surface area contributed by atoms with E-state index in [1.165, 1.54) is 72.8 Å². The molecule has 0 aromatic heterocycles. The Bertz CT molecular complexity index is 2230. The van der Waals surface area contributed by atoms with Crippen LogP contribution in [0.25, 0.3) is 6.08 Å². The molecule has 0 aliphatic heterocycles. The molecular formula is C30H24N6O9S2. The molecule has 240 valence electrons. The van der Waals surface area contributed by atoms with Crippen LogP contribution in [0.1, 0.15) is 36.6 Å². The van der Waals surface area contributed by atoms with Gasteiger partial charge in [0, 0.05) is 39.4 Å². The molecule has 47 heavy (non-hydrogen) atoms. The van der Waals surface area contributed by atoms with E-state index in [4.69, 9.17) is 11.5 Å². The fraction of sp³-hybridized carbons (Fsp3) is 0. The second-order valence-electron chi connectivity index (χ2n) is 10.0. The molecule has 0 spiro atoms. The highest BCUT2D eigenvalue weighted by atomic mass is 32.2. The number of amides is 2. The van der Waals surface area contributed by atoms with Crippen molar-refractivity contribution in [1.82, 2.24) is 0 Å². The van der Waals surface area contributed by atoms with Crippen LogP contribution in [-0.4, -0.2) is 49.3 Å². The predicted octanol–water partition coefficient (Wildman–Crippen LogP) is 3.50. The van der Waals surface area contributed by atoms with Crippen molar-refractivity contribution in [2.75, 3.05) is 27.5 Å². The average molecular weight is 677 g/mol. The van der Waals surface area contributed by atoms with Gasteiger partial charge in [-0.15, -0.1) is 0 Å². The first kappa shape index (κ1) is 32.5. The Morgan fingerprint density at radius 2 is 1.19 bits per heavy atom. The molecule has 15 nitrogen and oxygen atoms in total. The minimum Gasteiger partial charge on any atom is -0.399 e. The van der Waals surface area contributed by atoms with E-state index in [9.17, 15) is 40.3 Å². The summed E-state index contributed by atoms with van der Waals surface area (Å²) in [6.45, 7) is 0. The smallest absolute Gasteiger partial charge is 0.296 e. The van der Waals surface area contributed by atoms with E-state index in [1.807, 2.05) is 0 Å². The number of fused-ring (bicyclic) bond motifs is 1. The Morgan fingerprint density at radius 1 is 0.681 bits per heavy atom.